The Morgan fingerprint density at radius 1 is 1.32 bits per heavy atom. The number of amides is 1. The molecule has 1 unspecified atom stereocenters. The molecule has 0 aliphatic carbocycles. The Morgan fingerprint density at radius 2 is 2.05 bits per heavy atom. The van der Waals surface area contributed by atoms with E-state index in [0.29, 0.717) is 13.0 Å². The summed E-state index contributed by atoms with van der Waals surface area (Å²) in [6.07, 6.45) is 1.89. The Labute approximate surface area is 112 Å². The van der Waals surface area contributed by atoms with Crippen LogP contribution in [0.4, 0.5) is 0 Å². The molecule has 1 amide bonds. The normalized spacial score (nSPS) is 23.3. The first-order valence-corrected chi connectivity index (χ1v) is 6.41. The van der Waals surface area contributed by atoms with E-state index in [1.807, 2.05) is 30.3 Å². The SMILES string of the molecule is NC1(C(=O)OCc2ccccc2)CCCCNC1=O. The van der Waals surface area contributed by atoms with Crippen LogP contribution in [-0.4, -0.2) is 24.0 Å². The summed E-state index contributed by atoms with van der Waals surface area (Å²) in [5, 5.41) is 2.65. The predicted octanol–water partition coefficient (Wildman–Crippen LogP) is 0.727. The number of nitrogens with one attached hydrogen (secondary N) is 1. The lowest BCUT2D eigenvalue weighted by atomic mass is 9.94. The van der Waals surface area contributed by atoms with Crippen LogP contribution in [0.1, 0.15) is 24.8 Å². The van der Waals surface area contributed by atoms with Crippen molar-refractivity contribution in [3.8, 4) is 0 Å². The van der Waals surface area contributed by atoms with Gasteiger partial charge in [-0.3, -0.25) is 4.79 Å². The molecule has 102 valence electrons. The molecule has 0 aromatic heterocycles. The fraction of sp³-hybridized carbons (Fsp3) is 0.429. The van der Waals surface area contributed by atoms with Crippen LogP contribution < -0.4 is 11.1 Å². The summed E-state index contributed by atoms with van der Waals surface area (Å²) in [5.41, 5.74) is 5.24. The van der Waals surface area contributed by atoms with E-state index >= 15 is 0 Å². The Balaban J connectivity index is 2.00. The first-order valence-electron chi connectivity index (χ1n) is 6.41. The highest BCUT2D eigenvalue weighted by Gasteiger charge is 2.44. The first-order chi connectivity index (χ1) is 9.13. The van der Waals surface area contributed by atoms with Crippen LogP contribution in [0.15, 0.2) is 30.3 Å². The maximum absolute atomic E-state index is 12.0. The van der Waals surface area contributed by atoms with Gasteiger partial charge in [0, 0.05) is 6.54 Å². The van der Waals surface area contributed by atoms with Crippen LogP contribution >= 0.6 is 0 Å². The minimum absolute atomic E-state index is 0.131. The third-order valence-corrected chi connectivity index (χ3v) is 3.27. The number of nitrogens with two attached hydrogens (primary N) is 1. The van der Waals surface area contributed by atoms with Crippen molar-refractivity contribution in [2.75, 3.05) is 6.54 Å². The van der Waals surface area contributed by atoms with Crippen LogP contribution in [0, 0.1) is 0 Å². The van der Waals surface area contributed by atoms with Crippen molar-refractivity contribution in [3.05, 3.63) is 35.9 Å². The number of ether oxygens (including phenoxy) is 1. The number of carbonyl (C=O) groups is 2. The summed E-state index contributed by atoms with van der Waals surface area (Å²) in [5.74, 6) is -1.10. The molecule has 5 heteroatoms. The molecule has 3 N–H and O–H groups in total. The third-order valence-electron chi connectivity index (χ3n) is 3.27. The molecule has 0 spiro atoms. The van der Waals surface area contributed by atoms with Crippen molar-refractivity contribution in [2.45, 2.75) is 31.4 Å². The maximum atomic E-state index is 12.0. The van der Waals surface area contributed by atoms with Crippen molar-refractivity contribution in [2.24, 2.45) is 5.73 Å². The summed E-state index contributed by atoms with van der Waals surface area (Å²) in [6.45, 7) is 0.690. The van der Waals surface area contributed by atoms with E-state index in [0.717, 1.165) is 18.4 Å². The first kappa shape index (κ1) is 13.5. The number of esters is 1. The van der Waals surface area contributed by atoms with E-state index in [9.17, 15) is 9.59 Å². The molecule has 0 saturated carbocycles. The Hall–Kier alpha value is -1.88. The minimum atomic E-state index is -1.55. The highest BCUT2D eigenvalue weighted by atomic mass is 16.5. The van der Waals surface area contributed by atoms with Gasteiger partial charge in [0.05, 0.1) is 0 Å². The van der Waals surface area contributed by atoms with E-state index in [4.69, 9.17) is 10.5 Å². The van der Waals surface area contributed by atoms with E-state index in [-0.39, 0.29) is 6.61 Å². The molecule has 1 atom stereocenters. The smallest absolute Gasteiger partial charge is 0.336 e. The summed E-state index contributed by atoms with van der Waals surface area (Å²) < 4.78 is 5.17. The Bertz CT molecular complexity index is 461. The second kappa shape index (κ2) is 5.84. The lowest BCUT2D eigenvalue weighted by Crippen LogP contribution is -2.59. The van der Waals surface area contributed by atoms with Crippen LogP contribution in [0.25, 0.3) is 0 Å². The van der Waals surface area contributed by atoms with E-state index < -0.39 is 17.4 Å². The molecule has 19 heavy (non-hydrogen) atoms. The molecule has 1 aromatic carbocycles. The summed E-state index contributed by atoms with van der Waals surface area (Å²) >= 11 is 0. The fourth-order valence-corrected chi connectivity index (χ4v) is 2.05. The number of carbonyl (C=O) groups excluding carboxylic acids is 2. The molecule has 0 bridgehead atoms. The van der Waals surface area contributed by atoms with Gasteiger partial charge in [0.25, 0.3) is 5.91 Å². The molecule has 0 radical (unpaired) electrons. The average molecular weight is 262 g/mol. The highest BCUT2D eigenvalue weighted by Crippen LogP contribution is 2.17. The quantitative estimate of drug-likeness (QED) is 0.621. The van der Waals surface area contributed by atoms with Gasteiger partial charge in [-0.25, -0.2) is 4.79 Å². The molecule has 1 fully saturated rings. The monoisotopic (exact) mass is 262 g/mol. The van der Waals surface area contributed by atoms with Crippen LogP contribution in [0.3, 0.4) is 0 Å². The minimum Gasteiger partial charge on any atom is -0.459 e. The van der Waals surface area contributed by atoms with Gasteiger partial charge in [0.15, 0.2) is 5.54 Å². The van der Waals surface area contributed by atoms with Crippen molar-refractivity contribution in [3.63, 3.8) is 0 Å². The summed E-state index contributed by atoms with van der Waals surface area (Å²) in [6, 6.07) is 9.31. The van der Waals surface area contributed by atoms with E-state index in [2.05, 4.69) is 5.32 Å². The molecule has 1 aromatic rings. The van der Waals surface area contributed by atoms with E-state index in [1.54, 1.807) is 0 Å². The zero-order valence-corrected chi connectivity index (χ0v) is 10.7. The van der Waals surface area contributed by atoms with Crippen molar-refractivity contribution in [1.29, 1.82) is 0 Å². The van der Waals surface area contributed by atoms with Crippen LogP contribution in [0.2, 0.25) is 0 Å². The lowest BCUT2D eigenvalue weighted by molar-refractivity contribution is -0.155. The van der Waals surface area contributed by atoms with Gasteiger partial charge in [0.1, 0.15) is 6.61 Å². The van der Waals surface area contributed by atoms with Gasteiger partial charge in [-0.15, -0.1) is 0 Å². The molecular weight excluding hydrogens is 244 g/mol. The third kappa shape index (κ3) is 3.12. The number of hydrogen-bond donors (Lipinski definition) is 2. The van der Waals surface area contributed by atoms with Crippen molar-refractivity contribution in [1.82, 2.24) is 5.32 Å². The van der Waals surface area contributed by atoms with Gasteiger partial charge in [0.2, 0.25) is 0 Å². The zero-order chi connectivity index (χ0) is 13.7. The van der Waals surface area contributed by atoms with Crippen molar-refractivity contribution < 1.29 is 14.3 Å². The summed E-state index contributed by atoms with van der Waals surface area (Å²) in [4.78, 5) is 23.9. The van der Waals surface area contributed by atoms with Gasteiger partial charge < -0.3 is 15.8 Å². The lowest BCUT2D eigenvalue weighted by Gasteiger charge is -2.23. The highest BCUT2D eigenvalue weighted by molar-refractivity contribution is 6.07. The molecule has 2 rings (SSSR count). The van der Waals surface area contributed by atoms with Gasteiger partial charge >= 0.3 is 5.97 Å². The molecule has 1 aliphatic rings. The second-order valence-corrected chi connectivity index (χ2v) is 4.75. The molecule has 1 heterocycles. The van der Waals surface area contributed by atoms with Gasteiger partial charge in [-0.1, -0.05) is 30.3 Å². The van der Waals surface area contributed by atoms with Crippen LogP contribution in [-0.2, 0) is 20.9 Å². The maximum Gasteiger partial charge on any atom is 0.336 e. The number of rotatable bonds is 3. The molecule has 1 saturated heterocycles. The largest absolute Gasteiger partial charge is 0.459 e. The predicted molar refractivity (Wildman–Crippen MR) is 70.0 cm³/mol. The van der Waals surface area contributed by atoms with E-state index in [1.165, 1.54) is 0 Å². The Morgan fingerprint density at radius 3 is 2.79 bits per heavy atom. The zero-order valence-electron chi connectivity index (χ0n) is 10.7. The standard InChI is InChI=1S/C14H18N2O3/c15-14(8-4-5-9-16-12(14)17)13(18)19-10-11-6-2-1-3-7-11/h1-3,6-7H,4-5,8-10,15H2,(H,16,17). The molecule has 1 aliphatic heterocycles. The second-order valence-electron chi connectivity index (χ2n) is 4.75. The topological polar surface area (TPSA) is 81.4 Å². The van der Waals surface area contributed by atoms with Crippen LogP contribution in [0.5, 0.6) is 0 Å². The molecule has 5 nitrogen and oxygen atoms in total. The number of hydrogen-bond acceptors (Lipinski definition) is 4. The fourth-order valence-electron chi connectivity index (χ4n) is 2.05. The number of benzene rings is 1. The summed E-state index contributed by atoms with van der Waals surface area (Å²) in [7, 11) is 0. The van der Waals surface area contributed by atoms with Gasteiger partial charge in [-0.2, -0.15) is 0 Å². The van der Waals surface area contributed by atoms with Crippen molar-refractivity contribution >= 4 is 11.9 Å². The van der Waals surface area contributed by atoms with Gasteiger partial charge in [-0.05, 0) is 24.8 Å². The average Bonchev–Trinajstić information content (AvgIpc) is 2.61. The molecular formula is C14H18N2O3. The Kier molecular flexibility index (Phi) is 4.16.